The summed E-state index contributed by atoms with van der Waals surface area (Å²) in [4.78, 5) is 4.09. The average molecular weight is 296 g/mol. The van der Waals surface area contributed by atoms with E-state index in [1.165, 1.54) is 12.1 Å². The van der Waals surface area contributed by atoms with E-state index in [4.69, 9.17) is 0 Å². The Balaban J connectivity index is 2.43. The topological polar surface area (TPSA) is 34.2 Å². The molecular weight excluding hydrogens is 281 g/mol. The predicted molar refractivity (Wildman–Crippen MR) is 73.0 cm³/mol. The first-order valence-electron chi connectivity index (χ1n) is 6.35. The van der Waals surface area contributed by atoms with Crippen LogP contribution in [-0.4, -0.2) is 18.4 Å². The number of nitrogens with zero attached hydrogens (tertiary/aromatic N) is 1. The molecule has 0 bridgehead atoms. The van der Waals surface area contributed by atoms with Gasteiger partial charge < -0.3 is 10.1 Å². The van der Waals surface area contributed by atoms with Crippen LogP contribution in [0.2, 0.25) is 0 Å². The highest BCUT2D eigenvalue weighted by Gasteiger charge is 2.33. The molecule has 3 nitrogen and oxygen atoms in total. The standard InChI is InChI=1S/C15H15F3N2O/c1-10-9-11(7-8-20-10)14(19-2)12-5-3-4-6-13(12)21-15(16,17)18/h3-9,14,19H,1-2H3. The van der Waals surface area contributed by atoms with E-state index in [9.17, 15) is 13.2 Å². The Morgan fingerprint density at radius 3 is 2.52 bits per heavy atom. The van der Waals surface area contributed by atoms with E-state index >= 15 is 0 Å². The fourth-order valence-electron chi connectivity index (χ4n) is 2.19. The lowest BCUT2D eigenvalue weighted by Crippen LogP contribution is -2.22. The summed E-state index contributed by atoms with van der Waals surface area (Å²) in [5, 5.41) is 3.01. The quantitative estimate of drug-likeness (QED) is 0.936. The molecule has 0 saturated heterocycles. The van der Waals surface area contributed by atoms with Gasteiger partial charge in [-0.05, 0) is 37.7 Å². The molecule has 0 radical (unpaired) electrons. The summed E-state index contributed by atoms with van der Waals surface area (Å²) in [5.41, 5.74) is 2.04. The zero-order valence-electron chi connectivity index (χ0n) is 11.6. The van der Waals surface area contributed by atoms with Gasteiger partial charge in [0.25, 0.3) is 0 Å². The van der Waals surface area contributed by atoms with Crippen molar-refractivity contribution in [1.29, 1.82) is 0 Å². The first kappa shape index (κ1) is 15.3. The highest BCUT2D eigenvalue weighted by atomic mass is 19.4. The molecule has 0 aliphatic carbocycles. The number of aromatic nitrogens is 1. The molecular formula is C15H15F3N2O. The molecule has 1 unspecified atom stereocenters. The fraction of sp³-hybridized carbons (Fsp3) is 0.267. The van der Waals surface area contributed by atoms with Gasteiger partial charge in [-0.2, -0.15) is 0 Å². The van der Waals surface area contributed by atoms with Crippen molar-refractivity contribution in [1.82, 2.24) is 10.3 Å². The van der Waals surface area contributed by atoms with Crippen LogP contribution in [0, 0.1) is 6.92 Å². The fourth-order valence-corrected chi connectivity index (χ4v) is 2.19. The molecule has 0 aliphatic heterocycles. The van der Waals surface area contributed by atoms with Crippen molar-refractivity contribution < 1.29 is 17.9 Å². The molecule has 0 spiro atoms. The molecule has 1 atom stereocenters. The molecule has 112 valence electrons. The lowest BCUT2D eigenvalue weighted by molar-refractivity contribution is -0.275. The van der Waals surface area contributed by atoms with E-state index in [0.29, 0.717) is 5.56 Å². The van der Waals surface area contributed by atoms with Gasteiger partial charge in [-0.25, -0.2) is 0 Å². The zero-order chi connectivity index (χ0) is 15.5. The van der Waals surface area contributed by atoms with Crippen LogP contribution < -0.4 is 10.1 Å². The number of hydrogen-bond acceptors (Lipinski definition) is 3. The van der Waals surface area contributed by atoms with Gasteiger partial charge in [0.05, 0.1) is 6.04 Å². The number of ether oxygens (including phenoxy) is 1. The van der Waals surface area contributed by atoms with Crippen molar-refractivity contribution in [3.63, 3.8) is 0 Å². The van der Waals surface area contributed by atoms with Gasteiger partial charge in [0, 0.05) is 17.5 Å². The van der Waals surface area contributed by atoms with Crippen LogP contribution >= 0.6 is 0 Å². The van der Waals surface area contributed by atoms with E-state index in [-0.39, 0.29) is 5.75 Å². The Morgan fingerprint density at radius 1 is 1.19 bits per heavy atom. The van der Waals surface area contributed by atoms with Gasteiger partial charge in [0.15, 0.2) is 0 Å². The van der Waals surface area contributed by atoms with Gasteiger partial charge in [-0.15, -0.1) is 13.2 Å². The first-order valence-corrected chi connectivity index (χ1v) is 6.35. The summed E-state index contributed by atoms with van der Waals surface area (Å²) in [6.45, 7) is 1.83. The molecule has 0 fully saturated rings. The monoisotopic (exact) mass is 296 g/mol. The van der Waals surface area contributed by atoms with Gasteiger partial charge >= 0.3 is 6.36 Å². The van der Waals surface area contributed by atoms with Crippen LogP contribution in [0.25, 0.3) is 0 Å². The first-order chi connectivity index (χ1) is 9.90. The number of pyridine rings is 1. The second-order valence-electron chi connectivity index (χ2n) is 4.54. The smallest absolute Gasteiger partial charge is 0.405 e. The second-order valence-corrected chi connectivity index (χ2v) is 4.54. The summed E-state index contributed by atoms with van der Waals surface area (Å²) in [5.74, 6) is -0.209. The lowest BCUT2D eigenvalue weighted by Gasteiger charge is -2.21. The van der Waals surface area contributed by atoms with Crippen molar-refractivity contribution in [2.45, 2.75) is 19.3 Å². The highest BCUT2D eigenvalue weighted by molar-refractivity contribution is 5.41. The molecule has 0 aliphatic rings. The SMILES string of the molecule is CNC(c1ccnc(C)c1)c1ccccc1OC(F)(F)F. The summed E-state index contributed by atoms with van der Waals surface area (Å²) in [6.07, 6.45) is -3.09. The Kier molecular flexibility index (Phi) is 4.47. The molecule has 2 aromatic rings. The van der Waals surface area contributed by atoms with Gasteiger partial charge in [-0.1, -0.05) is 18.2 Å². The van der Waals surface area contributed by atoms with E-state index in [0.717, 1.165) is 11.3 Å². The Morgan fingerprint density at radius 2 is 1.90 bits per heavy atom. The van der Waals surface area contributed by atoms with Crippen LogP contribution in [-0.2, 0) is 0 Å². The normalized spacial score (nSPS) is 13.0. The number of benzene rings is 1. The summed E-state index contributed by atoms with van der Waals surface area (Å²) in [7, 11) is 1.69. The van der Waals surface area contributed by atoms with Crippen LogP contribution in [0.4, 0.5) is 13.2 Å². The molecule has 21 heavy (non-hydrogen) atoms. The van der Waals surface area contributed by atoms with Gasteiger partial charge in [-0.3, -0.25) is 4.98 Å². The molecule has 1 aromatic heterocycles. The van der Waals surface area contributed by atoms with Crippen molar-refractivity contribution in [2.75, 3.05) is 7.05 Å². The molecule has 1 heterocycles. The number of para-hydroxylation sites is 1. The maximum Gasteiger partial charge on any atom is 0.573 e. The number of alkyl halides is 3. The highest BCUT2D eigenvalue weighted by Crippen LogP contribution is 2.33. The van der Waals surface area contributed by atoms with Crippen LogP contribution in [0.15, 0.2) is 42.6 Å². The van der Waals surface area contributed by atoms with E-state index in [2.05, 4.69) is 15.0 Å². The van der Waals surface area contributed by atoms with Crippen molar-refractivity contribution >= 4 is 0 Å². The zero-order valence-corrected chi connectivity index (χ0v) is 11.6. The maximum atomic E-state index is 12.5. The number of halogens is 3. The van der Waals surface area contributed by atoms with Crippen LogP contribution in [0.5, 0.6) is 5.75 Å². The molecule has 1 N–H and O–H groups in total. The predicted octanol–water partition coefficient (Wildman–Crippen LogP) is 3.60. The van der Waals surface area contributed by atoms with Crippen molar-refractivity contribution in [3.8, 4) is 5.75 Å². The number of rotatable bonds is 4. The molecule has 2 rings (SSSR count). The third-order valence-corrected chi connectivity index (χ3v) is 3.00. The minimum absolute atomic E-state index is 0.209. The molecule has 0 saturated carbocycles. The summed E-state index contributed by atoms with van der Waals surface area (Å²) >= 11 is 0. The average Bonchev–Trinajstić information content (AvgIpc) is 2.40. The summed E-state index contributed by atoms with van der Waals surface area (Å²) < 4.78 is 41.6. The lowest BCUT2D eigenvalue weighted by atomic mass is 9.98. The van der Waals surface area contributed by atoms with Crippen LogP contribution in [0.1, 0.15) is 22.9 Å². The maximum absolute atomic E-state index is 12.5. The van der Waals surface area contributed by atoms with Crippen molar-refractivity contribution in [3.05, 3.63) is 59.4 Å². The van der Waals surface area contributed by atoms with Gasteiger partial charge in [0.2, 0.25) is 0 Å². The number of hydrogen-bond donors (Lipinski definition) is 1. The second kappa shape index (κ2) is 6.13. The third-order valence-electron chi connectivity index (χ3n) is 3.00. The van der Waals surface area contributed by atoms with Crippen molar-refractivity contribution in [2.24, 2.45) is 0 Å². The minimum Gasteiger partial charge on any atom is -0.405 e. The largest absolute Gasteiger partial charge is 0.573 e. The third kappa shape index (κ3) is 3.95. The molecule has 6 heteroatoms. The van der Waals surface area contributed by atoms with Crippen LogP contribution in [0.3, 0.4) is 0 Å². The van der Waals surface area contributed by atoms with E-state index in [1.54, 1.807) is 31.4 Å². The minimum atomic E-state index is -4.72. The Labute approximate surface area is 120 Å². The molecule has 1 aromatic carbocycles. The summed E-state index contributed by atoms with van der Waals surface area (Å²) in [6, 6.07) is 9.28. The van der Waals surface area contributed by atoms with E-state index < -0.39 is 12.4 Å². The number of aryl methyl sites for hydroxylation is 1. The Bertz CT molecular complexity index is 614. The Hall–Kier alpha value is -2.08. The molecule has 0 amide bonds. The van der Waals surface area contributed by atoms with Gasteiger partial charge in [0.1, 0.15) is 5.75 Å². The van der Waals surface area contributed by atoms with E-state index in [1.807, 2.05) is 13.0 Å². The number of nitrogens with one attached hydrogen (secondary N) is 1.